The lowest BCUT2D eigenvalue weighted by atomic mass is 10.5. The topological polar surface area (TPSA) is 713 Å². The minimum absolute atomic E-state index is 0. The molecule has 0 aromatic carbocycles. The Morgan fingerprint density at radius 1 is 0.193 bits per heavy atom. The zero-order valence-electron chi connectivity index (χ0n) is 98.6. The van der Waals surface area contributed by atoms with Gasteiger partial charge in [0.25, 0.3) is 0 Å². The van der Waals surface area contributed by atoms with Crippen molar-refractivity contribution in [3.63, 3.8) is 0 Å². The first kappa shape index (κ1) is 182. The number of aliphatic hydroxyl groups is 3. The van der Waals surface area contributed by atoms with Gasteiger partial charge in [-0.2, -0.15) is 0 Å². The van der Waals surface area contributed by atoms with Crippen LogP contribution in [0.25, 0.3) is 0 Å². The van der Waals surface area contributed by atoms with Crippen molar-refractivity contribution in [1.82, 2.24) is 0 Å². The summed E-state index contributed by atoms with van der Waals surface area (Å²) in [5, 5.41) is 21.6. The molecule has 1 atom stereocenters. The molecule has 0 saturated carbocycles. The van der Waals surface area contributed by atoms with Crippen LogP contribution in [0.3, 0.4) is 0 Å². The van der Waals surface area contributed by atoms with Crippen LogP contribution in [0.1, 0.15) is 129 Å². The highest BCUT2D eigenvalue weighted by molar-refractivity contribution is 6.77. The second kappa shape index (κ2) is 114. The van der Waals surface area contributed by atoms with Gasteiger partial charge in [-0.05, 0) is 193 Å². The molecule has 0 aliphatic heterocycles. The molecule has 52 nitrogen and oxygen atoms in total. The number of hydrogen-bond donors (Lipinski definition) is 16. The minimum atomic E-state index is -2.85. The van der Waals surface area contributed by atoms with Gasteiger partial charge in [0.1, 0.15) is 0 Å². The van der Waals surface area contributed by atoms with Crippen molar-refractivity contribution < 1.29 is 208 Å². The van der Waals surface area contributed by atoms with Crippen molar-refractivity contribution in [3.8, 4) is 0 Å². The summed E-state index contributed by atoms with van der Waals surface area (Å²) in [6.07, 6.45) is 4.62. The van der Waals surface area contributed by atoms with E-state index >= 15 is 0 Å². The average Bonchev–Trinajstić information content (AvgIpc) is 0.823. The Hall–Kier alpha value is 1.39. The molecule has 0 aliphatic rings. The van der Waals surface area contributed by atoms with Crippen molar-refractivity contribution in [1.29, 1.82) is 0 Å². The van der Waals surface area contributed by atoms with Crippen LogP contribution in [0.15, 0.2) is 0 Å². The zero-order valence-corrected chi connectivity index (χ0v) is 115. The maximum atomic E-state index is 9.98. The summed E-state index contributed by atoms with van der Waals surface area (Å²) in [6, 6.07) is 3.66. The highest BCUT2D eigenvalue weighted by atomic mass is 28.5. The van der Waals surface area contributed by atoms with Crippen molar-refractivity contribution in [2.75, 3.05) is 274 Å². The van der Waals surface area contributed by atoms with Crippen molar-refractivity contribution in [2.45, 2.75) is 243 Å². The first-order chi connectivity index (χ1) is 67.0. The maximum absolute atomic E-state index is 9.98. The Kier molecular flexibility index (Phi) is 143. The van der Waals surface area contributed by atoms with Gasteiger partial charge in [0, 0.05) is 324 Å². The van der Waals surface area contributed by atoms with E-state index in [4.69, 9.17) is 191 Å². The quantitative estimate of drug-likeness (QED) is 0.0369. The molecule has 68 heteroatoms. The molecule has 902 valence electrons. The molecule has 145 heavy (non-hydrogen) atoms. The number of aliphatic hydroxyl groups excluding tert-OH is 3. The van der Waals surface area contributed by atoms with Crippen LogP contribution >= 0.6 is 0 Å². The first-order valence-electron chi connectivity index (χ1n) is 47.7. The van der Waals surface area contributed by atoms with Crippen molar-refractivity contribution in [3.05, 3.63) is 0 Å². The smallest absolute Gasteiger partial charge is 0.412 e. The molecule has 0 heterocycles. The third-order valence-electron chi connectivity index (χ3n) is 17.5. The molecule has 0 saturated heterocycles. The lowest BCUT2D eigenvalue weighted by Gasteiger charge is -2.36. The molecule has 24 N–H and O–H groups in total. The second-order valence-corrected chi connectivity index (χ2v) is 74.5. The van der Waals surface area contributed by atoms with E-state index in [1.54, 1.807) is 118 Å². The second-order valence-electron chi connectivity index (χ2n) is 29.1. The highest BCUT2D eigenvalue weighted by Crippen LogP contribution is 2.27. The fourth-order valence-corrected chi connectivity index (χ4v) is 38.6. The molecule has 0 fully saturated rings. The molecule has 1 unspecified atom stereocenters. The van der Waals surface area contributed by atoms with Crippen molar-refractivity contribution in [2.24, 2.45) is 34.4 Å². The summed E-state index contributed by atoms with van der Waals surface area (Å²) in [7, 11) is -10.5. The van der Waals surface area contributed by atoms with Gasteiger partial charge in [0.15, 0.2) is 0 Å². The molecular weight excluding hydrogens is 2190 g/mol. The summed E-state index contributed by atoms with van der Waals surface area (Å²) >= 11 is 0. The predicted octanol–water partition coefficient (Wildman–Crippen LogP) is 4.64. The van der Waals surface area contributed by atoms with Gasteiger partial charge >= 0.3 is 140 Å². The van der Waals surface area contributed by atoms with E-state index in [1.165, 1.54) is 56.9 Å². The van der Waals surface area contributed by atoms with Crippen LogP contribution in [-0.4, -0.2) is 469 Å². The molecular formula is C77H224N6O46Si16. The summed E-state index contributed by atoms with van der Waals surface area (Å²) < 4.78 is 183. The molecule has 0 rings (SSSR count). The normalized spacial score (nSPS) is 12.4. The fraction of sp³-hybridized carbons (Fsp3) is 1.00. The Morgan fingerprint density at radius 3 is 0.497 bits per heavy atom. The van der Waals surface area contributed by atoms with Crippen LogP contribution in [0.2, 0.25) is 115 Å². The van der Waals surface area contributed by atoms with Crippen LogP contribution in [0.5, 0.6) is 0 Å². The number of rotatable bonds is 69. The fourth-order valence-electron chi connectivity index (χ4n) is 8.80. The SMILES string of the molecule is CCO.CCO[Si](C)(OCC)O[Si](CCCN)(OCC)OCC.CCO[Si](CCCN)(OCC)O[Si](C)(OC)OC.CCO[Si](O)(CCCN)OCC.CCO[Si](O)(CCCN)OCC.CCO[Si](O)(CCCN)OCC.CO.CO.CO[Si](C)(C)O[Si](C)(OC)OC.CO[Si](C)(O)OC.CO[Si](C)(O)OC.CO[Si](C)(O)OC.CO[Si](C)(OC)OC.CO[Si](C)(OC)OC.CO[Si](C)(OC)O[Si](C)(O)CCCN.O. The van der Waals surface area contributed by atoms with E-state index in [9.17, 15) is 19.2 Å². The van der Waals surface area contributed by atoms with Gasteiger partial charge < -0.3 is 242 Å². The van der Waals surface area contributed by atoms with Gasteiger partial charge in [0.05, 0.1) is 0 Å². The van der Waals surface area contributed by atoms with Gasteiger partial charge in [-0.25, -0.2) is 0 Å². The zero-order chi connectivity index (χ0) is 117. The molecule has 0 aliphatic carbocycles. The van der Waals surface area contributed by atoms with Gasteiger partial charge in [-0.15, -0.1) is 0 Å². The van der Waals surface area contributed by atoms with Crippen LogP contribution in [-0.2, 0) is 154 Å². The summed E-state index contributed by atoms with van der Waals surface area (Å²) in [5.74, 6) is 0. The lowest BCUT2D eigenvalue weighted by molar-refractivity contribution is 0.0531. The van der Waals surface area contributed by atoms with E-state index in [-0.39, 0.29) is 12.1 Å². The van der Waals surface area contributed by atoms with Crippen molar-refractivity contribution >= 4 is 140 Å². The Morgan fingerprint density at radius 2 is 0.352 bits per heavy atom. The highest BCUT2D eigenvalue weighted by Gasteiger charge is 2.52. The molecule has 0 amide bonds. The predicted molar refractivity (Wildman–Crippen MR) is 599 cm³/mol. The van der Waals surface area contributed by atoms with Crippen LogP contribution in [0.4, 0.5) is 0 Å². The molecule has 0 radical (unpaired) electrons. The van der Waals surface area contributed by atoms with E-state index in [1.807, 2.05) is 129 Å². The summed E-state index contributed by atoms with van der Waals surface area (Å²) in [6.45, 7) is 55.5. The van der Waals surface area contributed by atoms with E-state index in [0.29, 0.717) is 155 Å². The minimum Gasteiger partial charge on any atom is -0.412 e. The Balaban J connectivity index is -0.0000000900. The van der Waals surface area contributed by atoms with E-state index in [0.717, 1.165) is 52.7 Å². The Bertz CT molecular complexity index is 2350. The van der Waals surface area contributed by atoms with Crippen LogP contribution < -0.4 is 34.4 Å². The van der Waals surface area contributed by atoms with Gasteiger partial charge in [0.2, 0.25) is 0 Å². The third-order valence-corrected chi connectivity index (χ3v) is 59.3. The molecule has 0 aromatic rings. The van der Waals surface area contributed by atoms with E-state index < -0.39 is 140 Å². The molecule has 0 aromatic heterocycles. The summed E-state index contributed by atoms with van der Waals surface area (Å²) in [4.78, 5) is 65.8. The third kappa shape index (κ3) is 116. The number of nitrogens with two attached hydrogens (primary N) is 6. The van der Waals surface area contributed by atoms with Crippen LogP contribution in [0, 0.1) is 0 Å². The van der Waals surface area contributed by atoms with Gasteiger partial charge in [-0.3, -0.25) is 0 Å². The number of hydrogen-bond acceptors (Lipinski definition) is 51. The van der Waals surface area contributed by atoms with E-state index in [2.05, 4.69) is 26.6 Å². The molecule has 0 bridgehead atoms. The standard InChI is InChI=1S/C12H31NO5Si2.C10H27NO5Si2.C7H21NO4Si2.3C7H19NO3Si.C6H18O4Si2.2C4H12O3Si.3C3H10O3Si.C2H6O.2CH4O.H2O/c1-6-14-19(5,15-7-2)18-20(16-8-3,17-9-4)12-10-11-13;1-6-14-18(15-7-2,10-8-9-11)16-17(5,12-3)13-4;1-10-14(4,11-2)12-13(3,9)7-5-6-8;3*1-3-10-12(9,11-4-2)7-5-6-8;1-7-11(4,5)10-12(6,8-2)9-3;2*1-5-8(4,6-2)7-3;3*1-5-7(3,4)6-2;1-2-3;2*1-2;/h6-13H2,1-5H3;6-11H2,1-5H3;9H,5-8H2,1-4H3;3*9H,3-8H2,1-2H3;1-6H3;2*1-4H3;3*4H,1-3H3;3H,2H2,1H3;2*2H,1H3;1H2. The lowest BCUT2D eigenvalue weighted by Crippen LogP contribution is -2.57. The average molecular weight is 2420 g/mol. The Labute approximate surface area is 895 Å². The van der Waals surface area contributed by atoms with Gasteiger partial charge in [-0.1, -0.05) is 0 Å². The largest absolute Gasteiger partial charge is 0.498 e. The monoisotopic (exact) mass is 2420 g/mol. The maximum Gasteiger partial charge on any atom is 0.498 e. The molecule has 0 spiro atoms. The summed E-state index contributed by atoms with van der Waals surface area (Å²) in [5.41, 5.74) is 32.5. The first-order valence-corrected chi connectivity index (χ1v) is 83.0.